The Hall–Kier alpha value is -1.51. The van der Waals surface area contributed by atoms with Crippen LogP contribution in [-0.2, 0) is 11.3 Å². The molecule has 6 nitrogen and oxygen atoms in total. The van der Waals surface area contributed by atoms with Gasteiger partial charge in [0.25, 0.3) is 0 Å². The Morgan fingerprint density at radius 1 is 1.18 bits per heavy atom. The first-order valence-corrected chi connectivity index (χ1v) is 10.3. The first kappa shape index (κ1) is 22.8. The van der Waals surface area contributed by atoms with Gasteiger partial charge in [0.05, 0.1) is 6.54 Å². The molecular weight excluding hydrogens is 467 g/mol. The van der Waals surface area contributed by atoms with Gasteiger partial charge in [-0.25, -0.2) is 4.99 Å². The van der Waals surface area contributed by atoms with E-state index in [1.54, 1.807) is 12.1 Å². The summed E-state index contributed by atoms with van der Waals surface area (Å²) in [6.07, 6.45) is 6.74. The van der Waals surface area contributed by atoms with Gasteiger partial charge in [-0.15, -0.1) is 24.0 Å². The van der Waals surface area contributed by atoms with Crippen LogP contribution in [0.2, 0.25) is 0 Å². The Bertz CT molecular complexity index is 644. The lowest BCUT2D eigenvalue weighted by Gasteiger charge is -2.26. The number of guanidine groups is 1. The standard InChI is InChI=1S/C21H32N4O2.HI/c1-2-22-21(23-14-16-8-10-19(26)11-9-16)24-18-12-13-25(15-18)20(27)17-6-4-3-5-7-17;/h8-11,17-18,26H,2-7,12-15H2,1H3,(H2,22,23,24);1H. The van der Waals surface area contributed by atoms with E-state index in [1.165, 1.54) is 19.3 Å². The predicted molar refractivity (Wildman–Crippen MR) is 123 cm³/mol. The van der Waals surface area contributed by atoms with E-state index < -0.39 is 0 Å². The highest BCUT2D eigenvalue weighted by Gasteiger charge is 2.31. The second kappa shape index (κ2) is 11.5. The summed E-state index contributed by atoms with van der Waals surface area (Å²) in [4.78, 5) is 19.4. The molecule has 1 aromatic rings. The van der Waals surface area contributed by atoms with Crippen molar-refractivity contribution in [2.24, 2.45) is 10.9 Å². The number of aliphatic imine (C=N–C) groups is 1. The number of phenolic OH excluding ortho intramolecular Hbond substituents is 1. The first-order chi connectivity index (χ1) is 13.2. The molecule has 1 heterocycles. The highest BCUT2D eigenvalue weighted by Crippen LogP contribution is 2.26. The molecule has 1 unspecified atom stereocenters. The number of nitrogens with zero attached hydrogens (tertiary/aromatic N) is 2. The molecule has 1 atom stereocenters. The van der Waals surface area contributed by atoms with E-state index in [2.05, 4.69) is 15.6 Å². The average Bonchev–Trinajstić information content (AvgIpc) is 3.16. The number of carbonyl (C=O) groups excluding carboxylic acids is 1. The van der Waals surface area contributed by atoms with E-state index in [4.69, 9.17) is 0 Å². The third kappa shape index (κ3) is 6.53. The van der Waals surface area contributed by atoms with Crippen LogP contribution in [0.5, 0.6) is 5.75 Å². The van der Waals surface area contributed by atoms with Crippen LogP contribution in [0.3, 0.4) is 0 Å². The summed E-state index contributed by atoms with van der Waals surface area (Å²) in [5.41, 5.74) is 1.05. The summed E-state index contributed by atoms with van der Waals surface area (Å²) in [6, 6.07) is 7.36. The first-order valence-electron chi connectivity index (χ1n) is 10.3. The molecule has 0 radical (unpaired) electrons. The molecule has 28 heavy (non-hydrogen) atoms. The van der Waals surface area contributed by atoms with Crippen molar-refractivity contribution >= 4 is 35.8 Å². The number of carbonyl (C=O) groups is 1. The molecule has 7 heteroatoms. The number of benzene rings is 1. The normalized spacial score (nSPS) is 20.5. The second-order valence-corrected chi connectivity index (χ2v) is 7.61. The monoisotopic (exact) mass is 500 g/mol. The minimum atomic E-state index is 0. The largest absolute Gasteiger partial charge is 0.508 e. The van der Waals surface area contributed by atoms with E-state index in [-0.39, 0.29) is 41.7 Å². The maximum absolute atomic E-state index is 12.7. The number of nitrogens with one attached hydrogen (secondary N) is 2. The van der Waals surface area contributed by atoms with Crippen molar-refractivity contribution in [3.05, 3.63) is 29.8 Å². The van der Waals surface area contributed by atoms with E-state index in [0.29, 0.717) is 12.5 Å². The topological polar surface area (TPSA) is 77.0 Å². The highest BCUT2D eigenvalue weighted by atomic mass is 127. The van der Waals surface area contributed by atoms with Gasteiger partial charge in [-0.1, -0.05) is 31.4 Å². The zero-order chi connectivity index (χ0) is 19.1. The SMILES string of the molecule is CCNC(=NCc1ccc(O)cc1)NC1CCN(C(=O)C2CCCCC2)C1.I. The zero-order valence-electron chi connectivity index (χ0n) is 16.7. The smallest absolute Gasteiger partial charge is 0.225 e. The molecule has 1 saturated carbocycles. The van der Waals surface area contributed by atoms with Gasteiger partial charge in [0.2, 0.25) is 5.91 Å². The van der Waals surface area contributed by atoms with Crippen LogP contribution in [0.15, 0.2) is 29.3 Å². The lowest BCUT2D eigenvalue weighted by molar-refractivity contribution is -0.135. The van der Waals surface area contributed by atoms with Crippen LogP contribution in [-0.4, -0.2) is 47.5 Å². The van der Waals surface area contributed by atoms with Gasteiger partial charge < -0.3 is 20.6 Å². The molecule has 1 saturated heterocycles. The van der Waals surface area contributed by atoms with Crippen molar-refractivity contribution in [3.8, 4) is 5.75 Å². The molecule has 0 bridgehead atoms. The van der Waals surface area contributed by atoms with Crippen molar-refractivity contribution in [1.29, 1.82) is 0 Å². The summed E-state index contributed by atoms with van der Waals surface area (Å²) in [6.45, 7) is 4.99. The number of amides is 1. The van der Waals surface area contributed by atoms with Crippen LogP contribution in [0.4, 0.5) is 0 Å². The van der Waals surface area contributed by atoms with Gasteiger partial charge >= 0.3 is 0 Å². The number of phenols is 1. The van der Waals surface area contributed by atoms with Crippen LogP contribution in [0.25, 0.3) is 0 Å². The molecule has 156 valence electrons. The molecular formula is C21H33IN4O2. The molecule has 2 fully saturated rings. The van der Waals surface area contributed by atoms with Crippen LogP contribution < -0.4 is 10.6 Å². The average molecular weight is 500 g/mol. The molecule has 1 aliphatic carbocycles. The number of rotatable bonds is 5. The third-order valence-corrected chi connectivity index (χ3v) is 5.50. The fourth-order valence-electron chi connectivity index (χ4n) is 3.97. The lowest BCUT2D eigenvalue weighted by Crippen LogP contribution is -2.45. The van der Waals surface area contributed by atoms with Crippen LogP contribution in [0, 0.1) is 5.92 Å². The van der Waals surface area contributed by atoms with E-state index in [1.807, 2.05) is 24.0 Å². The lowest BCUT2D eigenvalue weighted by atomic mass is 9.88. The fraction of sp³-hybridized carbons (Fsp3) is 0.619. The molecule has 3 rings (SSSR count). The van der Waals surface area contributed by atoms with Crippen LogP contribution in [0.1, 0.15) is 51.0 Å². The minimum Gasteiger partial charge on any atom is -0.508 e. The molecule has 1 aliphatic heterocycles. The summed E-state index contributed by atoms with van der Waals surface area (Å²) in [5.74, 6) is 1.64. The molecule has 0 aromatic heterocycles. The van der Waals surface area contributed by atoms with Gasteiger partial charge in [0, 0.05) is 31.6 Å². The summed E-state index contributed by atoms with van der Waals surface area (Å²) in [5, 5.41) is 16.1. The van der Waals surface area contributed by atoms with Crippen molar-refractivity contribution in [3.63, 3.8) is 0 Å². The number of aromatic hydroxyl groups is 1. The number of halogens is 1. The van der Waals surface area contributed by atoms with Gasteiger partial charge in [0.15, 0.2) is 5.96 Å². The predicted octanol–water partition coefficient (Wildman–Crippen LogP) is 3.25. The van der Waals surface area contributed by atoms with Gasteiger partial charge in [-0.05, 0) is 43.9 Å². The highest BCUT2D eigenvalue weighted by molar-refractivity contribution is 14.0. The Labute approximate surface area is 185 Å². The fourth-order valence-corrected chi connectivity index (χ4v) is 3.97. The van der Waals surface area contributed by atoms with E-state index in [0.717, 1.165) is 50.4 Å². The maximum atomic E-state index is 12.7. The summed E-state index contributed by atoms with van der Waals surface area (Å²) in [7, 11) is 0. The maximum Gasteiger partial charge on any atom is 0.225 e. The van der Waals surface area contributed by atoms with E-state index >= 15 is 0 Å². The molecule has 0 spiro atoms. The summed E-state index contributed by atoms with van der Waals surface area (Å²) < 4.78 is 0. The molecule has 1 amide bonds. The van der Waals surface area contributed by atoms with Crippen molar-refractivity contribution in [2.45, 2.75) is 58.0 Å². The van der Waals surface area contributed by atoms with Crippen molar-refractivity contribution < 1.29 is 9.90 Å². The number of likely N-dealkylation sites (tertiary alicyclic amines) is 1. The molecule has 3 N–H and O–H groups in total. The second-order valence-electron chi connectivity index (χ2n) is 7.61. The number of hydrogen-bond acceptors (Lipinski definition) is 3. The number of hydrogen-bond donors (Lipinski definition) is 3. The van der Waals surface area contributed by atoms with Crippen LogP contribution >= 0.6 is 24.0 Å². The quantitative estimate of drug-likeness (QED) is 0.330. The Balaban J connectivity index is 0.00000280. The Kier molecular flexibility index (Phi) is 9.34. The van der Waals surface area contributed by atoms with Crippen molar-refractivity contribution in [1.82, 2.24) is 15.5 Å². The Morgan fingerprint density at radius 2 is 1.89 bits per heavy atom. The molecule has 1 aromatic carbocycles. The summed E-state index contributed by atoms with van der Waals surface area (Å²) >= 11 is 0. The van der Waals surface area contributed by atoms with E-state index in [9.17, 15) is 9.90 Å². The third-order valence-electron chi connectivity index (χ3n) is 5.50. The Morgan fingerprint density at radius 3 is 2.57 bits per heavy atom. The zero-order valence-corrected chi connectivity index (χ0v) is 19.0. The molecule has 2 aliphatic rings. The van der Waals surface area contributed by atoms with Crippen molar-refractivity contribution in [2.75, 3.05) is 19.6 Å². The minimum absolute atomic E-state index is 0. The van der Waals surface area contributed by atoms with Gasteiger partial charge in [-0.3, -0.25) is 4.79 Å². The van der Waals surface area contributed by atoms with Gasteiger partial charge in [-0.2, -0.15) is 0 Å². The van der Waals surface area contributed by atoms with Gasteiger partial charge in [0.1, 0.15) is 5.75 Å².